The molecule has 6 heteroatoms. The normalized spacial score (nSPS) is 10.1. The highest BCUT2D eigenvalue weighted by molar-refractivity contribution is 6.05. The Bertz CT molecular complexity index is 813. The number of benzene rings is 2. The number of hydrogen-bond acceptors (Lipinski definition) is 4. The number of rotatable bonds is 8. The number of allylic oxidation sites excluding steroid dienone is 1. The molecule has 2 aromatic rings. The van der Waals surface area contributed by atoms with E-state index in [9.17, 15) is 9.59 Å². The molecule has 0 unspecified atom stereocenters. The predicted molar refractivity (Wildman–Crippen MR) is 101 cm³/mol. The summed E-state index contributed by atoms with van der Waals surface area (Å²) in [5.74, 6) is 0.384. The van der Waals surface area contributed by atoms with Gasteiger partial charge in [0.15, 0.2) is 11.5 Å². The molecule has 2 rings (SSSR count). The number of nitrogens with one attached hydrogen (secondary N) is 1. The number of nitrogens with two attached hydrogens (primary N) is 1. The molecule has 2 amide bonds. The van der Waals surface area contributed by atoms with Crippen molar-refractivity contribution < 1.29 is 19.1 Å². The van der Waals surface area contributed by atoms with E-state index >= 15 is 0 Å². The lowest BCUT2D eigenvalue weighted by Crippen LogP contribution is -2.14. The average molecular weight is 354 g/mol. The van der Waals surface area contributed by atoms with E-state index in [0.29, 0.717) is 29.2 Å². The van der Waals surface area contributed by atoms with Crippen molar-refractivity contribution in [3.8, 4) is 11.5 Å². The molecular formula is C20H22N2O4. The number of ether oxygens (including phenoxy) is 2. The molecule has 6 nitrogen and oxygen atoms in total. The van der Waals surface area contributed by atoms with Crippen molar-refractivity contribution >= 4 is 17.5 Å². The van der Waals surface area contributed by atoms with Gasteiger partial charge in [-0.3, -0.25) is 9.59 Å². The summed E-state index contributed by atoms with van der Waals surface area (Å²) in [5.41, 5.74) is 7.83. The highest BCUT2D eigenvalue weighted by Crippen LogP contribution is 2.33. The van der Waals surface area contributed by atoms with Crippen LogP contribution in [0, 0.1) is 0 Å². The molecule has 3 N–H and O–H groups in total. The smallest absolute Gasteiger partial charge is 0.255 e. The number of carbonyl (C=O) groups excluding carboxylic acids is 2. The summed E-state index contributed by atoms with van der Waals surface area (Å²) >= 11 is 0. The van der Waals surface area contributed by atoms with Gasteiger partial charge in [-0.05, 0) is 36.2 Å². The van der Waals surface area contributed by atoms with Crippen LogP contribution in [0.1, 0.15) is 21.5 Å². The topological polar surface area (TPSA) is 90.7 Å². The Morgan fingerprint density at radius 1 is 1.15 bits per heavy atom. The Morgan fingerprint density at radius 3 is 2.38 bits per heavy atom. The van der Waals surface area contributed by atoms with Crippen molar-refractivity contribution in [2.45, 2.75) is 12.8 Å². The van der Waals surface area contributed by atoms with Crippen LogP contribution in [0.25, 0.3) is 0 Å². The standard InChI is InChI=1S/C20H22N2O4/c1-4-5-14-11-15(12-17(25-2)19(14)26-3)20(24)22-16-8-6-13(7-9-16)10-18(21)23/h4,6-9,11-12H,1,5,10H2,2-3H3,(H2,21,23)(H,22,24). The van der Waals surface area contributed by atoms with Crippen molar-refractivity contribution in [2.75, 3.05) is 19.5 Å². The van der Waals surface area contributed by atoms with Crippen molar-refractivity contribution in [2.24, 2.45) is 5.73 Å². The van der Waals surface area contributed by atoms with E-state index in [1.165, 1.54) is 7.11 Å². The van der Waals surface area contributed by atoms with Gasteiger partial charge in [0, 0.05) is 16.8 Å². The van der Waals surface area contributed by atoms with Crippen LogP contribution in [0.5, 0.6) is 11.5 Å². The zero-order chi connectivity index (χ0) is 19.1. The fourth-order valence-electron chi connectivity index (χ4n) is 2.59. The summed E-state index contributed by atoms with van der Waals surface area (Å²) in [6, 6.07) is 10.3. The van der Waals surface area contributed by atoms with Gasteiger partial charge in [-0.2, -0.15) is 0 Å². The molecule has 0 bridgehead atoms. The van der Waals surface area contributed by atoms with E-state index in [1.807, 2.05) is 0 Å². The summed E-state index contributed by atoms with van der Waals surface area (Å²) in [7, 11) is 3.08. The van der Waals surface area contributed by atoms with Crippen molar-refractivity contribution in [3.05, 3.63) is 65.7 Å². The number of methoxy groups -OCH3 is 2. The van der Waals surface area contributed by atoms with Crippen LogP contribution < -0.4 is 20.5 Å². The Labute approximate surface area is 152 Å². The van der Waals surface area contributed by atoms with Crippen LogP contribution in [0.2, 0.25) is 0 Å². The highest BCUT2D eigenvalue weighted by Gasteiger charge is 2.16. The van der Waals surface area contributed by atoms with Gasteiger partial charge < -0.3 is 20.5 Å². The maximum atomic E-state index is 12.6. The van der Waals surface area contributed by atoms with E-state index in [4.69, 9.17) is 15.2 Å². The molecule has 0 spiro atoms. The third kappa shape index (κ3) is 4.63. The maximum absolute atomic E-state index is 12.6. The summed E-state index contributed by atoms with van der Waals surface area (Å²) in [6.07, 6.45) is 2.44. The Balaban J connectivity index is 2.24. The number of carbonyl (C=O) groups is 2. The quantitative estimate of drug-likeness (QED) is 0.713. The lowest BCUT2D eigenvalue weighted by Gasteiger charge is -2.14. The first-order valence-corrected chi connectivity index (χ1v) is 8.02. The molecule has 0 radical (unpaired) electrons. The van der Waals surface area contributed by atoms with Gasteiger partial charge in [-0.15, -0.1) is 6.58 Å². The molecule has 0 fully saturated rings. The summed E-state index contributed by atoms with van der Waals surface area (Å²) in [5, 5.41) is 2.82. The largest absolute Gasteiger partial charge is 0.493 e. The van der Waals surface area contributed by atoms with Crippen LogP contribution in [0.4, 0.5) is 5.69 Å². The Hall–Kier alpha value is -3.28. The Morgan fingerprint density at radius 2 is 1.85 bits per heavy atom. The molecule has 0 saturated carbocycles. The first-order valence-electron chi connectivity index (χ1n) is 8.02. The van der Waals surface area contributed by atoms with E-state index in [1.54, 1.807) is 49.6 Å². The second kappa shape index (κ2) is 8.71. The molecule has 0 aliphatic rings. The molecule has 26 heavy (non-hydrogen) atoms. The number of amides is 2. The predicted octanol–water partition coefficient (Wildman–Crippen LogP) is 2.71. The summed E-state index contributed by atoms with van der Waals surface area (Å²) < 4.78 is 10.7. The van der Waals surface area contributed by atoms with Crippen LogP contribution in [0.3, 0.4) is 0 Å². The third-order valence-corrected chi connectivity index (χ3v) is 3.77. The zero-order valence-electron chi connectivity index (χ0n) is 14.9. The van der Waals surface area contributed by atoms with Crippen LogP contribution >= 0.6 is 0 Å². The highest BCUT2D eigenvalue weighted by atomic mass is 16.5. The summed E-state index contributed by atoms with van der Waals surface area (Å²) in [4.78, 5) is 23.5. The minimum atomic E-state index is -0.401. The molecule has 0 aliphatic heterocycles. The lowest BCUT2D eigenvalue weighted by molar-refractivity contribution is -0.117. The molecule has 0 aromatic heterocycles. The van der Waals surface area contributed by atoms with Gasteiger partial charge in [0.1, 0.15) is 0 Å². The zero-order valence-corrected chi connectivity index (χ0v) is 14.9. The first-order chi connectivity index (χ1) is 12.5. The molecule has 0 heterocycles. The second-order valence-electron chi connectivity index (χ2n) is 5.66. The molecule has 0 atom stereocenters. The van der Waals surface area contributed by atoms with Gasteiger partial charge in [0.2, 0.25) is 5.91 Å². The van der Waals surface area contributed by atoms with Gasteiger partial charge in [0.05, 0.1) is 20.6 Å². The SMILES string of the molecule is C=CCc1cc(C(=O)Nc2ccc(CC(N)=O)cc2)cc(OC)c1OC. The number of anilines is 1. The Kier molecular flexibility index (Phi) is 6.38. The molecule has 0 saturated heterocycles. The van der Waals surface area contributed by atoms with Crippen LogP contribution in [0.15, 0.2) is 49.1 Å². The third-order valence-electron chi connectivity index (χ3n) is 3.77. The van der Waals surface area contributed by atoms with Gasteiger partial charge in [-0.25, -0.2) is 0 Å². The van der Waals surface area contributed by atoms with Crippen molar-refractivity contribution in [1.82, 2.24) is 0 Å². The average Bonchev–Trinajstić information content (AvgIpc) is 2.62. The van der Waals surface area contributed by atoms with Crippen molar-refractivity contribution in [1.29, 1.82) is 0 Å². The van der Waals surface area contributed by atoms with E-state index in [2.05, 4.69) is 11.9 Å². The number of hydrogen-bond donors (Lipinski definition) is 2. The fraction of sp³-hybridized carbons (Fsp3) is 0.200. The first kappa shape index (κ1) is 19.1. The molecule has 136 valence electrons. The monoisotopic (exact) mass is 354 g/mol. The molecular weight excluding hydrogens is 332 g/mol. The summed E-state index contributed by atoms with van der Waals surface area (Å²) in [6.45, 7) is 3.73. The van der Waals surface area contributed by atoms with Gasteiger partial charge in [0.25, 0.3) is 5.91 Å². The van der Waals surface area contributed by atoms with Gasteiger partial charge in [-0.1, -0.05) is 18.2 Å². The van der Waals surface area contributed by atoms with E-state index in [-0.39, 0.29) is 12.3 Å². The minimum Gasteiger partial charge on any atom is -0.493 e. The van der Waals surface area contributed by atoms with Crippen LogP contribution in [-0.4, -0.2) is 26.0 Å². The number of primary amides is 1. The lowest BCUT2D eigenvalue weighted by atomic mass is 10.0. The van der Waals surface area contributed by atoms with Crippen LogP contribution in [-0.2, 0) is 17.6 Å². The fourth-order valence-corrected chi connectivity index (χ4v) is 2.59. The maximum Gasteiger partial charge on any atom is 0.255 e. The molecule has 2 aromatic carbocycles. The van der Waals surface area contributed by atoms with Gasteiger partial charge >= 0.3 is 0 Å². The minimum absolute atomic E-state index is 0.162. The molecule has 0 aliphatic carbocycles. The van der Waals surface area contributed by atoms with E-state index < -0.39 is 5.91 Å². The second-order valence-corrected chi connectivity index (χ2v) is 5.66. The van der Waals surface area contributed by atoms with Crippen molar-refractivity contribution in [3.63, 3.8) is 0 Å². The van der Waals surface area contributed by atoms with E-state index in [0.717, 1.165) is 11.1 Å².